The second-order valence-electron chi connectivity index (χ2n) is 7.10. The summed E-state index contributed by atoms with van der Waals surface area (Å²) in [6.45, 7) is 5.36. The quantitative estimate of drug-likeness (QED) is 0.221. The molecular weight excluding hydrogens is 376 g/mol. The maximum Gasteiger partial charge on any atom is 0.306 e. The normalized spacial score (nSPS) is 17.0. The van der Waals surface area contributed by atoms with Crippen LogP contribution in [0.1, 0.15) is 65.7 Å². The maximum absolute atomic E-state index is 11.6. The van der Waals surface area contributed by atoms with Gasteiger partial charge in [0.15, 0.2) is 0 Å². The van der Waals surface area contributed by atoms with E-state index in [1.165, 1.54) is 12.2 Å². The van der Waals surface area contributed by atoms with E-state index >= 15 is 0 Å². The van der Waals surface area contributed by atoms with Gasteiger partial charge in [-0.3, -0.25) is 14.4 Å². The van der Waals surface area contributed by atoms with Crippen molar-refractivity contribution in [3.05, 3.63) is 0 Å². The summed E-state index contributed by atoms with van der Waals surface area (Å²) in [7, 11) is 3.88. The van der Waals surface area contributed by atoms with Crippen LogP contribution in [0.25, 0.3) is 0 Å². The summed E-state index contributed by atoms with van der Waals surface area (Å²) >= 11 is 0. The number of esters is 3. The Kier molecular flexibility index (Phi) is 11.1. The molecule has 1 fully saturated rings. The standard InChI is InChI=1S/C18H30O6S2/c1-18(2,3)24-17(21)9-8-16(20)23-12-11-22-15(19)7-5-4-6-14-10-13-25-26-14/h14H,4-13H2,1-3H3/t14-/m1/s1. The van der Waals surface area contributed by atoms with E-state index in [1.54, 1.807) is 20.8 Å². The van der Waals surface area contributed by atoms with E-state index in [4.69, 9.17) is 14.2 Å². The lowest BCUT2D eigenvalue weighted by Crippen LogP contribution is -2.24. The molecule has 0 aromatic heterocycles. The van der Waals surface area contributed by atoms with E-state index in [0.717, 1.165) is 24.5 Å². The van der Waals surface area contributed by atoms with Crippen LogP contribution in [0.2, 0.25) is 0 Å². The Hall–Kier alpha value is -0.890. The molecule has 0 saturated carbocycles. The minimum atomic E-state index is -0.565. The highest BCUT2D eigenvalue weighted by Gasteiger charge is 2.18. The molecule has 1 heterocycles. The fourth-order valence-corrected chi connectivity index (χ4v) is 5.29. The highest BCUT2D eigenvalue weighted by molar-refractivity contribution is 8.77. The number of hydrogen-bond donors (Lipinski definition) is 0. The number of rotatable bonds is 11. The molecule has 0 bridgehead atoms. The minimum absolute atomic E-state index is 0.00876. The SMILES string of the molecule is CC(C)(C)OC(=O)CCC(=O)OCCOC(=O)CCCC[C@@H]1CCSS1. The van der Waals surface area contributed by atoms with Gasteiger partial charge in [-0.05, 0) is 40.0 Å². The van der Waals surface area contributed by atoms with E-state index in [9.17, 15) is 14.4 Å². The Morgan fingerprint density at radius 2 is 1.54 bits per heavy atom. The van der Waals surface area contributed by atoms with Crippen LogP contribution in [0.3, 0.4) is 0 Å². The van der Waals surface area contributed by atoms with Crippen molar-refractivity contribution in [2.75, 3.05) is 19.0 Å². The summed E-state index contributed by atoms with van der Waals surface area (Å²) in [5, 5.41) is 0.733. The summed E-state index contributed by atoms with van der Waals surface area (Å²) in [6, 6.07) is 0. The lowest BCUT2D eigenvalue weighted by Gasteiger charge is -2.19. The van der Waals surface area contributed by atoms with Gasteiger partial charge in [-0.15, -0.1) is 0 Å². The molecule has 6 nitrogen and oxygen atoms in total. The van der Waals surface area contributed by atoms with Gasteiger partial charge < -0.3 is 14.2 Å². The average molecular weight is 407 g/mol. The Morgan fingerprint density at radius 1 is 0.923 bits per heavy atom. The molecule has 1 aliphatic rings. The Morgan fingerprint density at radius 3 is 2.12 bits per heavy atom. The van der Waals surface area contributed by atoms with Crippen molar-refractivity contribution in [2.24, 2.45) is 0 Å². The number of ether oxygens (including phenoxy) is 3. The molecule has 0 aliphatic carbocycles. The molecule has 8 heteroatoms. The number of hydrogen-bond acceptors (Lipinski definition) is 8. The zero-order valence-electron chi connectivity index (χ0n) is 15.9. The topological polar surface area (TPSA) is 78.9 Å². The van der Waals surface area contributed by atoms with Gasteiger partial charge in [0.05, 0.1) is 12.8 Å². The zero-order chi connectivity index (χ0) is 19.4. The van der Waals surface area contributed by atoms with Crippen LogP contribution in [-0.2, 0) is 28.6 Å². The van der Waals surface area contributed by atoms with Crippen LogP contribution in [-0.4, -0.2) is 47.7 Å². The van der Waals surface area contributed by atoms with Crippen molar-refractivity contribution in [1.29, 1.82) is 0 Å². The van der Waals surface area contributed by atoms with Gasteiger partial charge in [0.1, 0.15) is 18.8 Å². The van der Waals surface area contributed by atoms with E-state index in [0.29, 0.717) is 6.42 Å². The molecule has 1 atom stereocenters. The van der Waals surface area contributed by atoms with Gasteiger partial charge in [0, 0.05) is 17.4 Å². The molecule has 150 valence electrons. The van der Waals surface area contributed by atoms with Crippen molar-refractivity contribution >= 4 is 39.5 Å². The molecule has 26 heavy (non-hydrogen) atoms. The molecule has 1 saturated heterocycles. The van der Waals surface area contributed by atoms with Gasteiger partial charge >= 0.3 is 17.9 Å². The second-order valence-corrected chi connectivity index (χ2v) is 9.89. The highest BCUT2D eigenvalue weighted by atomic mass is 33.1. The average Bonchev–Trinajstić information content (AvgIpc) is 3.05. The van der Waals surface area contributed by atoms with Crippen molar-refractivity contribution in [3.63, 3.8) is 0 Å². The summed E-state index contributed by atoms with van der Waals surface area (Å²) in [4.78, 5) is 34.6. The molecule has 0 aromatic carbocycles. The predicted octanol–water partition coefficient (Wildman–Crippen LogP) is 3.91. The summed E-state index contributed by atoms with van der Waals surface area (Å²) in [6.07, 6.45) is 4.62. The van der Waals surface area contributed by atoms with Crippen LogP contribution in [0.4, 0.5) is 0 Å². The lowest BCUT2D eigenvalue weighted by molar-refractivity contribution is -0.159. The van der Waals surface area contributed by atoms with E-state index < -0.39 is 17.5 Å². The summed E-state index contributed by atoms with van der Waals surface area (Å²) < 4.78 is 15.1. The van der Waals surface area contributed by atoms with E-state index in [-0.39, 0.29) is 32.0 Å². The molecule has 0 radical (unpaired) electrons. The first-order valence-electron chi connectivity index (χ1n) is 9.07. The largest absolute Gasteiger partial charge is 0.462 e. The number of unbranched alkanes of at least 4 members (excludes halogenated alkanes) is 1. The molecule has 0 N–H and O–H groups in total. The van der Waals surface area contributed by atoms with Crippen molar-refractivity contribution in [1.82, 2.24) is 0 Å². The molecule has 0 aromatic rings. The second kappa shape index (κ2) is 12.5. The zero-order valence-corrected chi connectivity index (χ0v) is 17.5. The van der Waals surface area contributed by atoms with Gasteiger partial charge in [-0.1, -0.05) is 28.0 Å². The molecule has 0 unspecified atom stereocenters. The Labute approximate surface area is 163 Å². The lowest BCUT2D eigenvalue weighted by atomic mass is 10.1. The first kappa shape index (κ1) is 23.1. The summed E-state index contributed by atoms with van der Waals surface area (Å²) in [5.41, 5.74) is -0.565. The van der Waals surface area contributed by atoms with E-state index in [2.05, 4.69) is 0 Å². The smallest absolute Gasteiger partial charge is 0.306 e. The van der Waals surface area contributed by atoms with Gasteiger partial charge in [0.25, 0.3) is 0 Å². The number of carbonyl (C=O) groups is 3. The monoisotopic (exact) mass is 406 g/mol. The van der Waals surface area contributed by atoms with Crippen molar-refractivity contribution in [2.45, 2.75) is 76.6 Å². The van der Waals surface area contributed by atoms with Crippen LogP contribution < -0.4 is 0 Å². The van der Waals surface area contributed by atoms with Gasteiger partial charge in [0.2, 0.25) is 0 Å². The van der Waals surface area contributed by atoms with Crippen LogP contribution in [0, 0.1) is 0 Å². The molecule has 1 rings (SSSR count). The third-order valence-electron chi connectivity index (χ3n) is 3.45. The van der Waals surface area contributed by atoms with Crippen LogP contribution in [0.5, 0.6) is 0 Å². The van der Waals surface area contributed by atoms with E-state index in [1.807, 2.05) is 21.6 Å². The van der Waals surface area contributed by atoms with Crippen molar-refractivity contribution < 1.29 is 28.6 Å². The maximum atomic E-state index is 11.6. The first-order chi connectivity index (χ1) is 12.3. The van der Waals surface area contributed by atoms with Crippen LogP contribution >= 0.6 is 21.6 Å². The Balaban J connectivity index is 1.95. The van der Waals surface area contributed by atoms with Gasteiger partial charge in [-0.25, -0.2) is 0 Å². The minimum Gasteiger partial charge on any atom is -0.462 e. The summed E-state index contributed by atoms with van der Waals surface area (Å²) in [5.74, 6) is 0.0333. The van der Waals surface area contributed by atoms with Gasteiger partial charge in [-0.2, -0.15) is 0 Å². The third-order valence-corrected chi connectivity index (χ3v) is 6.45. The highest BCUT2D eigenvalue weighted by Crippen LogP contribution is 2.39. The first-order valence-corrected chi connectivity index (χ1v) is 11.5. The van der Waals surface area contributed by atoms with Crippen molar-refractivity contribution in [3.8, 4) is 0 Å². The molecular formula is C18H30O6S2. The molecule has 0 amide bonds. The molecule has 1 aliphatic heterocycles. The number of carbonyl (C=O) groups excluding carboxylic acids is 3. The fourth-order valence-electron chi connectivity index (χ4n) is 2.26. The van der Waals surface area contributed by atoms with Crippen LogP contribution in [0.15, 0.2) is 0 Å². The fraction of sp³-hybridized carbons (Fsp3) is 0.833. The molecule has 0 spiro atoms. The third kappa shape index (κ3) is 12.5. The Bertz CT molecular complexity index is 455. The predicted molar refractivity (Wildman–Crippen MR) is 104 cm³/mol.